The lowest BCUT2D eigenvalue weighted by Crippen LogP contribution is -2.22. The van der Waals surface area contributed by atoms with Gasteiger partial charge in [0.1, 0.15) is 8.07 Å². The molecule has 0 aromatic carbocycles. The van der Waals surface area contributed by atoms with E-state index in [1.54, 1.807) is 0 Å². The molecule has 2 nitrogen and oxygen atoms in total. The van der Waals surface area contributed by atoms with E-state index in [4.69, 9.17) is 10.00 Å². The molecule has 0 N–H and O–H groups in total. The molecule has 0 heterocycles. The highest BCUT2D eigenvalue weighted by atomic mass is 28.3. The topological polar surface area (TPSA) is 33.0 Å². The van der Waals surface area contributed by atoms with Gasteiger partial charge in [0.05, 0.1) is 0 Å². The van der Waals surface area contributed by atoms with Crippen LogP contribution >= 0.6 is 0 Å². The molecule has 1 atom stereocenters. The van der Waals surface area contributed by atoms with Crippen molar-refractivity contribution in [1.82, 2.24) is 0 Å². The normalized spacial score (nSPS) is 12.5. The van der Waals surface area contributed by atoms with E-state index in [-0.39, 0.29) is 6.00 Å². The van der Waals surface area contributed by atoms with Crippen LogP contribution in [-0.2, 0) is 4.74 Å². The van der Waals surface area contributed by atoms with Crippen molar-refractivity contribution >= 4 is 15.4 Å². The van der Waals surface area contributed by atoms with Crippen molar-refractivity contribution in [2.45, 2.75) is 32.6 Å². The Morgan fingerprint density at radius 3 is 2.46 bits per heavy atom. The molecule has 0 saturated carbocycles. The van der Waals surface area contributed by atoms with Crippen LogP contribution in [0.1, 0.15) is 6.92 Å². The van der Waals surface area contributed by atoms with Gasteiger partial charge < -0.3 is 4.74 Å². The quantitative estimate of drug-likeness (QED) is 0.500. The van der Waals surface area contributed by atoms with Crippen LogP contribution in [-0.4, -0.2) is 28.0 Å². The van der Waals surface area contributed by atoms with E-state index in [1.165, 1.54) is 7.28 Å². The number of ether oxygens (including phenoxy) is 1. The lowest BCUT2D eigenvalue weighted by Gasteiger charge is -2.17. The maximum Gasteiger partial charge on any atom is 0.129 e. The van der Waals surface area contributed by atoms with E-state index in [9.17, 15) is 0 Å². The van der Waals surface area contributed by atoms with Crippen molar-refractivity contribution in [2.75, 3.05) is 6.61 Å². The highest BCUT2D eigenvalue weighted by Crippen LogP contribution is 1.97. The van der Waals surface area contributed by atoms with Gasteiger partial charge in [0, 0.05) is 6.61 Å². The zero-order valence-corrected chi connectivity index (χ0v) is 9.72. The summed E-state index contributed by atoms with van der Waals surface area (Å²) in [6.45, 7) is 8.97. The van der Waals surface area contributed by atoms with Crippen LogP contribution in [0.25, 0.3) is 0 Å². The number of hydrogen-bond acceptors (Lipinski definition) is 2. The second-order valence-electron chi connectivity index (χ2n) is 3.69. The van der Waals surface area contributed by atoms with Gasteiger partial charge in [-0.05, 0) is 6.92 Å². The van der Waals surface area contributed by atoms with E-state index < -0.39 is 8.07 Å². The third-order valence-electron chi connectivity index (χ3n) is 1.16. The van der Waals surface area contributed by atoms with Gasteiger partial charge in [0.2, 0.25) is 0 Å². The molecule has 0 bridgehead atoms. The number of nitrogens with zero attached hydrogens (tertiary/aromatic N) is 1. The fourth-order valence-corrected chi connectivity index (χ4v) is 1.24. The highest BCUT2D eigenvalue weighted by Gasteiger charge is 2.07. The monoisotopic (exact) mass is 192 g/mol. The van der Waals surface area contributed by atoms with E-state index in [0.717, 1.165) is 0 Å². The maximum absolute atomic E-state index is 8.45. The summed E-state index contributed by atoms with van der Waals surface area (Å²) in [7, 11) is 0.0787. The Labute approximate surface area is 82.5 Å². The first-order valence-corrected chi connectivity index (χ1v) is 7.87. The number of rotatable bonds is 3. The van der Waals surface area contributed by atoms with Gasteiger partial charge in [-0.25, -0.2) is 5.97 Å². The van der Waals surface area contributed by atoms with Crippen LogP contribution in [0.5, 0.6) is 0 Å². The Morgan fingerprint density at radius 2 is 2.08 bits per heavy atom. The molecular weight excluding hydrogens is 177 g/mol. The zero-order chi connectivity index (χ0) is 10.3. The summed E-state index contributed by atoms with van der Waals surface area (Å²) in [5.41, 5.74) is 3.17. The molecule has 4 heteroatoms. The smallest absolute Gasteiger partial charge is 0.129 e. The van der Waals surface area contributed by atoms with Crippen molar-refractivity contribution in [2.24, 2.45) is 0 Å². The minimum atomic E-state index is -1.35. The first kappa shape index (κ1) is 12.3. The van der Waals surface area contributed by atoms with Crippen molar-refractivity contribution in [3.05, 3.63) is 0 Å². The minimum Gasteiger partial charge on any atom is -0.409 e. The largest absolute Gasteiger partial charge is 0.409 e. The Morgan fingerprint density at radius 1 is 1.46 bits per heavy atom. The van der Waals surface area contributed by atoms with Crippen molar-refractivity contribution in [1.29, 1.82) is 5.26 Å². The lowest BCUT2D eigenvalue weighted by molar-refractivity contribution is 0.153. The standard InChI is InChI=1S/C9H15BNOSi/c1-5-12-9(10-8-11)6-7-13(2,3)4/h9H,5H2,1-4H3/q-1. The molecule has 70 valence electrons. The summed E-state index contributed by atoms with van der Waals surface area (Å²) < 4.78 is 5.25. The third-order valence-corrected chi connectivity index (χ3v) is 2.06. The SMILES string of the molecule is CCOC([B-]C#N)C#C[Si](C)(C)C. The second kappa shape index (κ2) is 5.86. The molecule has 0 aromatic heterocycles. The van der Waals surface area contributed by atoms with Crippen molar-refractivity contribution < 1.29 is 4.74 Å². The molecule has 0 aliphatic carbocycles. The zero-order valence-electron chi connectivity index (χ0n) is 8.72. The van der Waals surface area contributed by atoms with Crippen LogP contribution in [0, 0.1) is 22.7 Å². The van der Waals surface area contributed by atoms with E-state index in [0.29, 0.717) is 6.61 Å². The van der Waals surface area contributed by atoms with Gasteiger partial charge in [-0.15, -0.1) is 18.7 Å². The van der Waals surface area contributed by atoms with E-state index >= 15 is 0 Å². The molecule has 0 amide bonds. The average molecular weight is 192 g/mol. The second-order valence-corrected chi connectivity index (χ2v) is 8.44. The summed E-state index contributed by atoms with van der Waals surface area (Å²) >= 11 is 0. The fourth-order valence-electron chi connectivity index (χ4n) is 0.666. The summed E-state index contributed by atoms with van der Waals surface area (Å²) in [6.07, 6.45) is 0. The van der Waals surface area contributed by atoms with Crippen molar-refractivity contribution in [3.8, 4) is 17.4 Å². The Kier molecular flexibility index (Phi) is 5.54. The molecular formula is C9H15BNOSi-. The Bertz CT molecular complexity index is 243. The fraction of sp³-hybridized carbons (Fsp3) is 0.667. The number of nitriles is 1. The van der Waals surface area contributed by atoms with Crippen LogP contribution in [0.2, 0.25) is 19.6 Å². The molecule has 0 rings (SSSR count). The van der Waals surface area contributed by atoms with Gasteiger partial charge in [-0.2, -0.15) is 0 Å². The highest BCUT2D eigenvalue weighted by molar-refractivity contribution is 6.83. The van der Waals surface area contributed by atoms with Crippen molar-refractivity contribution in [3.63, 3.8) is 0 Å². The third kappa shape index (κ3) is 7.65. The van der Waals surface area contributed by atoms with Crippen LogP contribution in [0.15, 0.2) is 0 Å². The summed E-state index contributed by atoms with van der Waals surface area (Å²) in [5.74, 6) is 4.92. The van der Waals surface area contributed by atoms with Gasteiger partial charge in [0.15, 0.2) is 0 Å². The molecule has 0 aromatic rings. The van der Waals surface area contributed by atoms with Crippen LogP contribution < -0.4 is 0 Å². The molecule has 0 aliphatic heterocycles. The van der Waals surface area contributed by atoms with Gasteiger partial charge in [0.25, 0.3) is 0 Å². The molecule has 0 spiro atoms. The minimum absolute atomic E-state index is 0.318. The molecule has 1 unspecified atom stereocenters. The summed E-state index contributed by atoms with van der Waals surface area (Å²) in [6, 6.07) is -0.318. The molecule has 2 radical (unpaired) electrons. The predicted octanol–water partition coefficient (Wildman–Crippen LogP) is 1.42. The Balaban J connectivity index is 4.22. The Hall–Kier alpha value is -0.708. The lowest BCUT2D eigenvalue weighted by atomic mass is 9.74. The predicted molar refractivity (Wildman–Crippen MR) is 57.9 cm³/mol. The van der Waals surface area contributed by atoms with Gasteiger partial charge >= 0.3 is 0 Å². The van der Waals surface area contributed by atoms with E-state index in [1.807, 2.05) is 12.9 Å². The summed E-state index contributed by atoms with van der Waals surface area (Å²) in [4.78, 5) is 0. The molecule has 0 saturated heterocycles. The number of hydrogen-bond donors (Lipinski definition) is 0. The maximum atomic E-state index is 8.45. The van der Waals surface area contributed by atoms with E-state index in [2.05, 4.69) is 31.1 Å². The molecule has 0 aliphatic rings. The molecule has 0 fully saturated rings. The first-order chi connectivity index (χ1) is 5.99. The molecule has 13 heavy (non-hydrogen) atoms. The van der Waals surface area contributed by atoms with Gasteiger partial charge in [-0.3, -0.25) is 5.26 Å². The van der Waals surface area contributed by atoms with Crippen LogP contribution in [0.3, 0.4) is 0 Å². The summed E-state index contributed by atoms with van der Waals surface area (Å²) in [5, 5.41) is 8.45. The van der Waals surface area contributed by atoms with Gasteiger partial charge in [-0.1, -0.05) is 25.6 Å². The average Bonchev–Trinajstić information content (AvgIpc) is 2.00. The first-order valence-electron chi connectivity index (χ1n) is 4.37. The van der Waals surface area contributed by atoms with Crippen LogP contribution in [0.4, 0.5) is 0 Å².